The van der Waals surface area contributed by atoms with Gasteiger partial charge in [0.2, 0.25) is 0 Å². The maximum absolute atomic E-state index is 10.5. The van der Waals surface area contributed by atoms with Crippen LogP contribution in [-0.4, -0.2) is 29.3 Å². The molecule has 1 rings (SSSR count). The molecule has 0 aliphatic rings. The van der Waals surface area contributed by atoms with Gasteiger partial charge in [0.25, 0.3) is 0 Å². The molecule has 170 valence electrons. The lowest BCUT2D eigenvalue weighted by atomic mass is 9.96. The molecule has 0 spiro atoms. The number of aliphatic carboxylic acids is 2. The zero-order valence-electron chi connectivity index (χ0n) is 18.7. The number of aryl methyl sites for hydroxylation is 2. The van der Waals surface area contributed by atoms with Gasteiger partial charge in [-0.15, -0.1) is 0 Å². The lowest BCUT2D eigenvalue weighted by molar-refractivity contribution is -0.138. The highest BCUT2D eigenvalue weighted by Crippen LogP contribution is 2.22. The van der Waals surface area contributed by atoms with Crippen molar-refractivity contribution in [2.75, 3.05) is 7.11 Å². The predicted octanol–water partition coefficient (Wildman–Crippen LogP) is 6.41. The van der Waals surface area contributed by atoms with Crippen LogP contribution in [0.3, 0.4) is 0 Å². The Hall–Kier alpha value is -2.04. The number of carboxylic acid groups (broad SMARTS) is 2. The van der Waals surface area contributed by atoms with E-state index in [0.717, 1.165) is 63.5 Å². The first-order chi connectivity index (χ1) is 14.5. The number of unbranched alkanes of at least 4 members (excludes halogenated alkanes) is 10. The molecular formula is C25H40O5. The van der Waals surface area contributed by atoms with E-state index in [1.807, 2.05) is 6.07 Å². The van der Waals surface area contributed by atoms with Crippen LogP contribution in [0.25, 0.3) is 0 Å². The summed E-state index contributed by atoms with van der Waals surface area (Å²) in [6.07, 6.45) is 15.6. The van der Waals surface area contributed by atoms with Gasteiger partial charge in [0, 0.05) is 12.8 Å². The summed E-state index contributed by atoms with van der Waals surface area (Å²) in [5.41, 5.74) is 2.81. The van der Waals surface area contributed by atoms with E-state index in [2.05, 4.69) is 12.1 Å². The number of carboxylic acids is 2. The Morgan fingerprint density at radius 2 is 1.10 bits per heavy atom. The first-order valence-corrected chi connectivity index (χ1v) is 11.6. The van der Waals surface area contributed by atoms with Crippen LogP contribution in [0.1, 0.15) is 101 Å². The first-order valence-electron chi connectivity index (χ1n) is 11.6. The Morgan fingerprint density at radius 1 is 0.667 bits per heavy atom. The standard InChI is InChI=1S/C25H40O5/c1-30-23-19-18-21(14-10-6-2-4-8-12-16-24(26)27)22(20-23)15-11-7-3-5-9-13-17-25(28)29/h18-20H,2-17H2,1H3,(H,26,27)(H,28,29). The quantitative estimate of drug-likeness (QED) is 0.253. The summed E-state index contributed by atoms with van der Waals surface area (Å²) in [5.74, 6) is -0.472. The van der Waals surface area contributed by atoms with Crippen molar-refractivity contribution in [1.29, 1.82) is 0 Å². The van der Waals surface area contributed by atoms with Crippen molar-refractivity contribution in [2.24, 2.45) is 0 Å². The zero-order chi connectivity index (χ0) is 22.0. The number of rotatable bonds is 19. The van der Waals surface area contributed by atoms with Crippen molar-refractivity contribution in [2.45, 2.75) is 103 Å². The Kier molecular flexibility index (Phi) is 14.5. The number of hydrogen-bond acceptors (Lipinski definition) is 3. The summed E-state index contributed by atoms with van der Waals surface area (Å²) in [4.78, 5) is 21.0. The molecule has 2 N–H and O–H groups in total. The third kappa shape index (κ3) is 13.2. The molecule has 0 aromatic heterocycles. The Balaban J connectivity index is 2.26. The first kappa shape index (κ1) is 26.0. The van der Waals surface area contributed by atoms with Crippen LogP contribution in [0, 0.1) is 0 Å². The molecule has 30 heavy (non-hydrogen) atoms. The van der Waals surface area contributed by atoms with E-state index in [0.29, 0.717) is 0 Å². The van der Waals surface area contributed by atoms with Gasteiger partial charge in [-0.2, -0.15) is 0 Å². The van der Waals surface area contributed by atoms with E-state index >= 15 is 0 Å². The van der Waals surface area contributed by atoms with Crippen molar-refractivity contribution < 1.29 is 24.5 Å². The topological polar surface area (TPSA) is 83.8 Å². The molecule has 0 bridgehead atoms. The van der Waals surface area contributed by atoms with Crippen LogP contribution in [-0.2, 0) is 22.4 Å². The van der Waals surface area contributed by atoms with E-state index in [4.69, 9.17) is 14.9 Å². The molecular weight excluding hydrogens is 380 g/mol. The lowest BCUT2D eigenvalue weighted by Crippen LogP contribution is -1.97. The molecule has 0 saturated heterocycles. The smallest absolute Gasteiger partial charge is 0.303 e. The van der Waals surface area contributed by atoms with E-state index in [1.165, 1.54) is 43.2 Å². The molecule has 1 aromatic rings. The predicted molar refractivity (Wildman–Crippen MR) is 120 cm³/mol. The van der Waals surface area contributed by atoms with Gasteiger partial charge in [-0.3, -0.25) is 9.59 Å². The van der Waals surface area contributed by atoms with Crippen LogP contribution >= 0.6 is 0 Å². The molecule has 0 atom stereocenters. The van der Waals surface area contributed by atoms with E-state index in [-0.39, 0.29) is 12.8 Å². The highest BCUT2D eigenvalue weighted by atomic mass is 16.5. The van der Waals surface area contributed by atoms with Crippen molar-refractivity contribution in [3.05, 3.63) is 29.3 Å². The molecule has 0 aliphatic carbocycles. The molecule has 0 radical (unpaired) electrons. The van der Waals surface area contributed by atoms with Crippen molar-refractivity contribution in [1.82, 2.24) is 0 Å². The monoisotopic (exact) mass is 420 g/mol. The average molecular weight is 421 g/mol. The number of benzene rings is 1. The number of carbonyl (C=O) groups is 2. The van der Waals surface area contributed by atoms with E-state index < -0.39 is 11.9 Å². The summed E-state index contributed by atoms with van der Waals surface area (Å²) >= 11 is 0. The van der Waals surface area contributed by atoms with E-state index in [9.17, 15) is 9.59 Å². The summed E-state index contributed by atoms with van der Waals surface area (Å²) in [7, 11) is 1.71. The molecule has 0 heterocycles. The number of ether oxygens (including phenoxy) is 1. The van der Waals surface area contributed by atoms with Gasteiger partial charge in [-0.25, -0.2) is 0 Å². The Labute approximate surface area is 181 Å². The number of methoxy groups -OCH3 is 1. The number of hydrogen-bond donors (Lipinski definition) is 2. The molecule has 0 amide bonds. The SMILES string of the molecule is COc1ccc(CCCCCCCCC(=O)O)c(CCCCCCCCC(=O)O)c1. The summed E-state index contributed by atoms with van der Waals surface area (Å²) in [5, 5.41) is 17.3. The molecule has 1 aromatic carbocycles. The van der Waals surface area contributed by atoms with Gasteiger partial charge in [0.15, 0.2) is 0 Å². The fraction of sp³-hybridized carbons (Fsp3) is 0.680. The van der Waals surface area contributed by atoms with Crippen LogP contribution in [0.2, 0.25) is 0 Å². The fourth-order valence-corrected chi connectivity index (χ4v) is 3.80. The van der Waals surface area contributed by atoms with Crippen LogP contribution in [0.15, 0.2) is 18.2 Å². The third-order valence-corrected chi connectivity index (χ3v) is 5.59. The lowest BCUT2D eigenvalue weighted by Gasteiger charge is -2.12. The van der Waals surface area contributed by atoms with Gasteiger partial charge in [-0.1, -0.05) is 57.4 Å². The van der Waals surface area contributed by atoms with Crippen LogP contribution in [0.4, 0.5) is 0 Å². The van der Waals surface area contributed by atoms with E-state index in [1.54, 1.807) is 7.11 Å². The summed E-state index contributed by atoms with van der Waals surface area (Å²) in [6.45, 7) is 0. The molecule has 5 heteroatoms. The van der Waals surface area contributed by atoms with Crippen molar-refractivity contribution >= 4 is 11.9 Å². The summed E-state index contributed by atoms with van der Waals surface area (Å²) in [6, 6.07) is 6.42. The van der Waals surface area contributed by atoms with Gasteiger partial charge < -0.3 is 14.9 Å². The van der Waals surface area contributed by atoms with Crippen LogP contribution in [0.5, 0.6) is 5.75 Å². The van der Waals surface area contributed by atoms with Gasteiger partial charge >= 0.3 is 11.9 Å². The molecule has 0 saturated carbocycles. The highest BCUT2D eigenvalue weighted by Gasteiger charge is 2.06. The normalized spacial score (nSPS) is 10.8. The second kappa shape index (κ2) is 16.7. The highest BCUT2D eigenvalue weighted by molar-refractivity contribution is 5.66. The summed E-state index contributed by atoms with van der Waals surface area (Å²) < 4.78 is 5.41. The molecule has 0 aliphatic heterocycles. The molecule has 5 nitrogen and oxygen atoms in total. The molecule has 0 unspecified atom stereocenters. The van der Waals surface area contributed by atoms with Gasteiger partial charge in [0.1, 0.15) is 5.75 Å². The minimum absolute atomic E-state index is 0.287. The largest absolute Gasteiger partial charge is 0.497 e. The third-order valence-electron chi connectivity index (χ3n) is 5.59. The van der Waals surface area contributed by atoms with Gasteiger partial charge in [-0.05, 0) is 61.8 Å². The minimum Gasteiger partial charge on any atom is -0.497 e. The molecule has 0 fully saturated rings. The zero-order valence-corrected chi connectivity index (χ0v) is 18.7. The van der Waals surface area contributed by atoms with Gasteiger partial charge in [0.05, 0.1) is 7.11 Å². The second-order valence-electron chi connectivity index (χ2n) is 8.16. The van der Waals surface area contributed by atoms with Crippen LogP contribution < -0.4 is 4.74 Å². The average Bonchev–Trinajstić information content (AvgIpc) is 2.72. The van der Waals surface area contributed by atoms with Crippen molar-refractivity contribution in [3.8, 4) is 5.75 Å². The van der Waals surface area contributed by atoms with Crippen molar-refractivity contribution in [3.63, 3.8) is 0 Å². The maximum atomic E-state index is 10.5. The Morgan fingerprint density at radius 3 is 1.57 bits per heavy atom. The minimum atomic E-state index is -0.696. The fourth-order valence-electron chi connectivity index (χ4n) is 3.80. The second-order valence-corrected chi connectivity index (χ2v) is 8.16. The maximum Gasteiger partial charge on any atom is 0.303 e. The Bertz CT molecular complexity index is 612.